The van der Waals surface area contributed by atoms with Crippen molar-refractivity contribution in [1.29, 1.82) is 0 Å². The van der Waals surface area contributed by atoms with Gasteiger partial charge in [0.2, 0.25) is 5.91 Å². The normalized spacial score (nSPS) is 16.3. The smallest absolute Gasteiger partial charge is 0.255 e. The van der Waals surface area contributed by atoms with Crippen LogP contribution in [0.3, 0.4) is 0 Å². The van der Waals surface area contributed by atoms with Crippen LogP contribution in [0.1, 0.15) is 17.3 Å². The molecule has 1 aliphatic heterocycles. The van der Waals surface area contributed by atoms with Gasteiger partial charge < -0.3 is 10.6 Å². The first kappa shape index (κ1) is 16.4. The van der Waals surface area contributed by atoms with Crippen LogP contribution in [0.4, 0.5) is 24.5 Å². The Kier molecular flexibility index (Phi) is 4.23. The highest BCUT2D eigenvalue weighted by Crippen LogP contribution is 2.36. The summed E-state index contributed by atoms with van der Waals surface area (Å²) in [6, 6.07) is 6.26. The van der Waals surface area contributed by atoms with Crippen molar-refractivity contribution in [3.05, 3.63) is 53.3 Å². The molecule has 2 N–H and O–H groups in total. The number of thioether (sulfide) groups is 1. The molecule has 0 fully saturated rings. The fraction of sp³-hybridized carbons (Fsp3) is 0.125. The third kappa shape index (κ3) is 2.96. The van der Waals surface area contributed by atoms with Crippen LogP contribution in [0.15, 0.2) is 35.2 Å². The molecule has 0 radical (unpaired) electrons. The zero-order valence-corrected chi connectivity index (χ0v) is 13.1. The fourth-order valence-electron chi connectivity index (χ4n) is 2.17. The van der Waals surface area contributed by atoms with Gasteiger partial charge in [-0.15, -0.1) is 11.8 Å². The third-order valence-electron chi connectivity index (χ3n) is 3.46. The molecule has 1 atom stereocenters. The summed E-state index contributed by atoms with van der Waals surface area (Å²) in [6.07, 6.45) is 0. The quantitative estimate of drug-likeness (QED) is 0.809. The first-order chi connectivity index (χ1) is 11.4. The number of fused-ring (bicyclic) bond motifs is 1. The van der Waals surface area contributed by atoms with Gasteiger partial charge in [-0.1, -0.05) is 0 Å². The van der Waals surface area contributed by atoms with Crippen molar-refractivity contribution in [2.45, 2.75) is 17.1 Å². The van der Waals surface area contributed by atoms with Gasteiger partial charge in [0, 0.05) is 10.5 Å². The second-order valence-corrected chi connectivity index (χ2v) is 6.52. The molecule has 1 unspecified atom stereocenters. The van der Waals surface area contributed by atoms with Crippen LogP contribution in [-0.4, -0.2) is 17.1 Å². The summed E-state index contributed by atoms with van der Waals surface area (Å²) in [5.41, 5.74) is 0.151. The summed E-state index contributed by atoms with van der Waals surface area (Å²) >= 11 is 1.36. The largest absolute Gasteiger partial charge is 0.324 e. The number of carbonyl (C=O) groups excluding carboxylic acids is 2. The van der Waals surface area contributed by atoms with E-state index in [-0.39, 0.29) is 16.7 Å². The molecule has 0 saturated heterocycles. The van der Waals surface area contributed by atoms with Gasteiger partial charge in [-0.2, -0.15) is 0 Å². The lowest BCUT2D eigenvalue weighted by Crippen LogP contribution is -2.26. The average molecular weight is 352 g/mol. The molecule has 3 rings (SSSR count). The number of nitrogens with one attached hydrogen (secondary N) is 2. The maximum Gasteiger partial charge on any atom is 0.255 e. The van der Waals surface area contributed by atoms with Gasteiger partial charge in [0.05, 0.1) is 16.6 Å². The average Bonchev–Trinajstić information content (AvgIpc) is 2.56. The van der Waals surface area contributed by atoms with Gasteiger partial charge in [0.15, 0.2) is 17.5 Å². The molecule has 0 aromatic heterocycles. The predicted molar refractivity (Wildman–Crippen MR) is 84.7 cm³/mol. The van der Waals surface area contributed by atoms with Crippen LogP contribution >= 0.6 is 11.8 Å². The van der Waals surface area contributed by atoms with Gasteiger partial charge >= 0.3 is 0 Å². The third-order valence-corrected chi connectivity index (χ3v) is 4.63. The molecule has 1 heterocycles. The van der Waals surface area contributed by atoms with Gasteiger partial charge in [0.1, 0.15) is 0 Å². The molecule has 1 aliphatic rings. The molecule has 8 heteroatoms. The second-order valence-electron chi connectivity index (χ2n) is 5.14. The van der Waals surface area contributed by atoms with Crippen molar-refractivity contribution >= 4 is 35.0 Å². The summed E-state index contributed by atoms with van der Waals surface area (Å²) in [4.78, 5) is 24.7. The highest BCUT2D eigenvalue weighted by molar-refractivity contribution is 8.00. The van der Waals surface area contributed by atoms with Gasteiger partial charge in [0.25, 0.3) is 5.91 Å². The standard InChI is InChI=1S/C16H11F3N2O2S/c1-7-15(22)21-11-6-8(2-5-12(11)24-7)16(23)20-10-4-3-9(17)13(18)14(10)19/h2-7H,1H3,(H,20,23)(H,21,22). The van der Waals surface area contributed by atoms with Crippen LogP contribution in [0, 0.1) is 17.5 Å². The Morgan fingerprint density at radius 1 is 1.17 bits per heavy atom. The Labute approximate surface area is 139 Å². The van der Waals surface area contributed by atoms with Crippen molar-refractivity contribution < 1.29 is 22.8 Å². The van der Waals surface area contributed by atoms with Gasteiger partial charge in [-0.05, 0) is 37.3 Å². The van der Waals surface area contributed by atoms with Crippen LogP contribution in [0.25, 0.3) is 0 Å². The lowest BCUT2D eigenvalue weighted by Gasteiger charge is -2.21. The minimum Gasteiger partial charge on any atom is -0.324 e. The van der Waals surface area contributed by atoms with E-state index in [0.29, 0.717) is 5.69 Å². The highest BCUT2D eigenvalue weighted by atomic mass is 32.2. The topological polar surface area (TPSA) is 58.2 Å². The van der Waals surface area contributed by atoms with Gasteiger partial charge in [-0.3, -0.25) is 9.59 Å². The number of benzene rings is 2. The molecule has 4 nitrogen and oxygen atoms in total. The molecule has 2 aromatic carbocycles. The van der Waals surface area contributed by atoms with E-state index in [1.807, 2.05) is 0 Å². The number of carbonyl (C=O) groups is 2. The molecule has 0 bridgehead atoms. The molecule has 2 amide bonds. The molecular weight excluding hydrogens is 341 g/mol. The van der Waals surface area contributed by atoms with Crippen molar-refractivity contribution in [2.24, 2.45) is 0 Å². The SMILES string of the molecule is CC1Sc2ccc(C(=O)Nc3ccc(F)c(F)c3F)cc2NC1=O. The Morgan fingerprint density at radius 3 is 2.67 bits per heavy atom. The van der Waals surface area contributed by atoms with E-state index in [1.165, 1.54) is 23.9 Å². The number of amides is 2. The number of hydrogen-bond donors (Lipinski definition) is 2. The van der Waals surface area contributed by atoms with E-state index >= 15 is 0 Å². The lowest BCUT2D eigenvalue weighted by molar-refractivity contribution is -0.115. The Morgan fingerprint density at radius 2 is 1.92 bits per heavy atom. The molecule has 124 valence electrons. The van der Waals surface area contributed by atoms with Crippen molar-refractivity contribution in [3.63, 3.8) is 0 Å². The maximum absolute atomic E-state index is 13.6. The number of hydrogen-bond acceptors (Lipinski definition) is 3. The summed E-state index contributed by atoms with van der Waals surface area (Å²) in [6.45, 7) is 1.76. The summed E-state index contributed by atoms with van der Waals surface area (Å²) in [5, 5.41) is 4.61. The molecule has 0 aliphatic carbocycles. The summed E-state index contributed by atoms with van der Waals surface area (Å²) in [5.74, 6) is -5.36. The lowest BCUT2D eigenvalue weighted by atomic mass is 10.1. The first-order valence-electron chi connectivity index (χ1n) is 6.93. The van der Waals surface area contributed by atoms with Crippen LogP contribution in [-0.2, 0) is 4.79 Å². The predicted octanol–water partition coefficient (Wildman–Crippen LogP) is 3.79. The van der Waals surface area contributed by atoms with E-state index in [2.05, 4.69) is 10.6 Å². The molecule has 0 spiro atoms. The van der Waals surface area contributed by atoms with Crippen molar-refractivity contribution in [1.82, 2.24) is 0 Å². The van der Waals surface area contributed by atoms with Crippen molar-refractivity contribution in [3.8, 4) is 0 Å². The van der Waals surface area contributed by atoms with E-state index in [1.54, 1.807) is 13.0 Å². The van der Waals surface area contributed by atoms with Crippen LogP contribution in [0.2, 0.25) is 0 Å². The van der Waals surface area contributed by atoms with E-state index < -0.39 is 29.0 Å². The number of anilines is 2. The highest BCUT2D eigenvalue weighted by Gasteiger charge is 2.24. The molecule has 2 aromatic rings. The van der Waals surface area contributed by atoms with Crippen LogP contribution < -0.4 is 10.6 Å². The summed E-state index contributed by atoms with van der Waals surface area (Å²) in [7, 11) is 0. The zero-order valence-electron chi connectivity index (χ0n) is 12.3. The van der Waals surface area contributed by atoms with Crippen LogP contribution in [0.5, 0.6) is 0 Å². The number of halogens is 3. The Hall–Kier alpha value is -2.48. The minimum atomic E-state index is -1.66. The fourth-order valence-corrected chi connectivity index (χ4v) is 3.10. The minimum absolute atomic E-state index is 0.147. The van der Waals surface area contributed by atoms with E-state index in [4.69, 9.17) is 0 Å². The van der Waals surface area contributed by atoms with E-state index in [0.717, 1.165) is 17.0 Å². The Balaban J connectivity index is 1.85. The summed E-state index contributed by atoms with van der Waals surface area (Å²) < 4.78 is 39.7. The molecular formula is C16H11F3N2O2S. The zero-order chi connectivity index (χ0) is 17.4. The monoisotopic (exact) mass is 352 g/mol. The second kappa shape index (κ2) is 6.20. The molecule has 0 saturated carbocycles. The maximum atomic E-state index is 13.6. The Bertz CT molecular complexity index is 857. The number of rotatable bonds is 2. The van der Waals surface area contributed by atoms with Crippen molar-refractivity contribution in [2.75, 3.05) is 10.6 Å². The first-order valence-corrected chi connectivity index (χ1v) is 7.81. The van der Waals surface area contributed by atoms with Gasteiger partial charge in [-0.25, -0.2) is 13.2 Å². The van der Waals surface area contributed by atoms with E-state index in [9.17, 15) is 22.8 Å². The molecule has 24 heavy (non-hydrogen) atoms.